The van der Waals surface area contributed by atoms with Gasteiger partial charge >= 0.3 is 0 Å². The third kappa shape index (κ3) is 5.03. The monoisotopic (exact) mass is 466 g/mol. The fourth-order valence-corrected chi connectivity index (χ4v) is 4.59. The summed E-state index contributed by atoms with van der Waals surface area (Å²) >= 11 is 4.54. The fourth-order valence-electron chi connectivity index (χ4n) is 3.39. The topological polar surface area (TPSA) is 59.8 Å². The van der Waals surface area contributed by atoms with Crippen LogP contribution in [0.4, 0.5) is 10.1 Å². The number of allylic oxidation sites excluding steroid dienone is 1. The van der Waals surface area contributed by atoms with Gasteiger partial charge in [-0.1, -0.05) is 53.0 Å². The number of thioether (sulfide) groups is 1. The zero-order valence-corrected chi connectivity index (χ0v) is 18.2. The average Bonchev–Trinajstić information content (AvgIpc) is 3.07. The highest BCUT2D eigenvalue weighted by atomic mass is 79.9. The van der Waals surface area contributed by atoms with Crippen molar-refractivity contribution in [3.8, 4) is 0 Å². The van der Waals surface area contributed by atoms with Gasteiger partial charge in [0.15, 0.2) is 5.16 Å². The molecule has 1 N–H and O–H groups in total. The molecular weight excluding hydrogens is 443 g/mol. The average molecular weight is 467 g/mol. The lowest BCUT2D eigenvalue weighted by Gasteiger charge is -2.21. The number of anilines is 1. The molecule has 1 aliphatic rings. The van der Waals surface area contributed by atoms with Gasteiger partial charge in [-0.3, -0.25) is 4.79 Å². The Morgan fingerprint density at radius 3 is 2.86 bits per heavy atom. The molecule has 28 heavy (non-hydrogen) atoms. The lowest BCUT2D eigenvalue weighted by Crippen LogP contribution is -2.23. The van der Waals surface area contributed by atoms with E-state index in [2.05, 4.69) is 42.6 Å². The summed E-state index contributed by atoms with van der Waals surface area (Å²) in [7, 11) is 0. The molecule has 1 aromatic heterocycles. The van der Waals surface area contributed by atoms with Crippen LogP contribution in [0.1, 0.15) is 50.8 Å². The van der Waals surface area contributed by atoms with Gasteiger partial charge in [0, 0.05) is 16.9 Å². The molecule has 1 amide bonds. The predicted molar refractivity (Wildman–Crippen MR) is 114 cm³/mol. The van der Waals surface area contributed by atoms with Crippen molar-refractivity contribution in [3.05, 3.63) is 47.0 Å². The van der Waals surface area contributed by atoms with Crippen LogP contribution in [0.3, 0.4) is 0 Å². The van der Waals surface area contributed by atoms with E-state index in [-0.39, 0.29) is 11.6 Å². The van der Waals surface area contributed by atoms with Gasteiger partial charge in [-0.25, -0.2) is 4.39 Å². The molecule has 1 aromatic carbocycles. The molecule has 0 bridgehead atoms. The summed E-state index contributed by atoms with van der Waals surface area (Å²) in [5, 5.41) is 11.7. The van der Waals surface area contributed by atoms with E-state index >= 15 is 0 Å². The van der Waals surface area contributed by atoms with Crippen molar-refractivity contribution < 1.29 is 9.18 Å². The van der Waals surface area contributed by atoms with Crippen LogP contribution in [-0.4, -0.2) is 25.9 Å². The third-order valence-corrected chi connectivity index (χ3v) is 6.44. The zero-order chi connectivity index (χ0) is 20.1. The van der Waals surface area contributed by atoms with Gasteiger partial charge < -0.3 is 9.88 Å². The number of carbonyl (C=O) groups excluding carboxylic acids is 1. The number of carbonyl (C=O) groups is 1. The third-order valence-electron chi connectivity index (χ3n) is 4.87. The Hall–Kier alpha value is -1.67. The standard InChI is InChI=1S/C20H24BrFN4OS/c1-3-11-26-18(14-7-5-4-6-8-14)24-25-20(26)28-13(2)19(27)23-17-10-9-15(21)12-16(17)22/h3,9-10,12-14H,1,4-8,11H2,2H3,(H,23,27). The van der Waals surface area contributed by atoms with Crippen molar-refractivity contribution in [1.82, 2.24) is 14.8 Å². The SMILES string of the molecule is C=CCn1c(SC(C)C(=O)Nc2ccc(Br)cc2F)nnc1C1CCCCC1. The molecule has 5 nitrogen and oxygen atoms in total. The van der Waals surface area contributed by atoms with Crippen molar-refractivity contribution >= 4 is 39.3 Å². The molecule has 0 spiro atoms. The molecule has 0 radical (unpaired) electrons. The highest BCUT2D eigenvalue weighted by Gasteiger charge is 2.25. The maximum absolute atomic E-state index is 14.0. The van der Waals surface area contributed by atoms with Gasteiger partial charge in [0.1, 0.15) is 11.6 Å². The smallest absolute Gasteiger partial charge is 0.237 e. The molecule has 150 valence electrons. The summed E-state index contributed by atoms with van der Waals surface area (Å²) in [5.74, 6) is 0.637. The molecule has 0 saturated heterocycles. The van der Waals surface area contributed by atoms with Gasteiger partial charge in [0.05, 0.1) is 10.9 Å². The predicted octanol–water partition coefficient (Wildman–Crippen LogP) is 5.53. The van der Waals surface area contributed by atoms with Crippen molar-refractivity contribution in [3.63, 3.8) is 0 Å². The second-order valence-corrected chi connectivity index (χ2v) is 9.17. The first-order valence-corrected chi connectivity index (χ1v) is 11.1. The van der Waals surface area contributed by atoms with Crippen LogP contribution in [-0.2, 0) is 11.3 Å². The zero-order valence-electron chi connectivity index (χ0n) is 15.8. The lowest BCUT2D eigenvalue weighted by atomic mass is 9.89. The molecule has 2 aromatic rings. The molecule has 1 aliphatic carbocycles. The highest BCUT2D eigenvalue weighted by Crippen LogP contribution is 2.34. The van der Waals surface area contributed by atoms with E-state index in [1.54, 1.807) is 13.0 Å². The summed E-state index contributed by atoms with van der Waals surface area (Å²) in [6.07, 6.45) is 7.77. The Bertz CT molecular complexity index is 851. The van der Waals surface area contributed by atoms with Crippen LogP contribution in [0.2, 0.25) is 0 Å². The van der Waals surface area contributed by atoms with Crippen LogP contribution < -0.4 is 5.32 Å². The summed E-state index contributed by atoms with van der Waals surface area (Å²) < 4.78 is 16.7. The maximum atomic E-state index is 14.0. The molecular formula is C20H24BrFN4OS. The molecule has 1 saturated carbocycles. The number of hydrogen-bond donors (Lipinski definition) is 1. The lowest BCUT2D eigenvalue weighted by molar-refractivity contribution is -0.115. The number of halogens is 2. The van der Waals surface area contributed by atoms with Crippen molar-refractivity contribution in [2.24, 2.45) is 0 Å². The minimum absolute atomic E-state index is 0.163. The van der Waals surface area contributed by atoms with E-state index in [9.17, 15) is 9.18 Å². The van der Waals surface area contributed by atoms with Crippen molar-refractivity contribution in [2.45, 2.75) is 61.9 Å². The molecule has 1 unspecified atom stereocenters. The number of amides is 1. The van der Waals surface area contributed by atoms with E-state index in [1.165, 1.54) is 43.2 Å². The first kappa shape index (κ1) is 21.0. The molecule has 0 aliphatic heterocycles. The number of hydrogen-bond acceptors (Lipinski definition) is 4. The molecule has 1 fully saturated rings. The molecule has 3 rings (SSSR count). The van der Waals surface area contributed by atoms with Crippen LogP contribution in [0, 0.1) is 5.82 Å². The van der Waals surface area contributed by atoms with Crippen LogP contribution in [0.5, 0.6) is 0 Å². The maximum Gasteiger partial charge on any atom is 0.237 e. The Morgan fingerprint density at radius 2 is 2.18 bits per heavy atom. The van der Waals surface area contributed by atoms with E-state index in [1.807, 2.05) is 6.08 Å². The van der Waals surface area contributed by atoms with Crippen molar-refractivity contribution in [1.29, 1.82) is 0 Å². The summed E-state index contributed by atoms with van der Waals surface area (Å²) in [6.45, 7) is 6.23. The van der Waals surface area contributed by atoms with Gasteiger partial charge in [0.25, 0.3) is 0 Å². The Balaban J connectivity index is 1.71. The van der Waals surface area contributed by atoms with Crippen LogP contribution >= 0.6 is 27.7 Å². The number of nitrogens with one attached hydrogen (secondary N) is 1. The second-order valence-electron chi connectivity index (χ2n) is 6.95. The molecule has 8 heteroatoms. The first-order valence-electron chi connectivity index (χ1n) is 9.46. The van der Waals surface area contributed by atoms with Gasteiger partial charge in [-0.2, -0.15) is 0 Å². The van der Waals surface area contributed by atoms with E-state index < -0.39 is 11.1 Å². The number of rotatable bonds is 7. The molecule has 1 atom stereocenters. The summed E-state index contributed by atoms with van der Waals surface area (Å²) in [5.41, 5.74) is 0.163. The Kier molecular flexibility index (Phi) is 7.29. The minimum atomic E-state index is -0.477. The van der Waals surface area contributed by atoms with E-state index in [4.69, 9.17) is 0 Å². The van der Waals surface area contributed by atoms with Gasteiger partial charge in [-0.05, 0) is 38.0 Å². The van der Waals surface area contributed by atoms with Crippen LogP contribution in [0.15, 0.2) is 40.5 Å². The van der Waals surface area contributed by atoms with Crippen LogP contribution in [0.25, 0.3) is 0 Å². The van der Waals surface area contributed by atoms with Gasteiger partial charge in [-0.15, -0.1) is 16.8 Å². The first-order chi connectivity index (χ1) is 13.5. The normalized spacial score (nSPS) is 16.0. The number of aromatic nitrogens is 3. The van der Waals surface area contributed by atoms with Gasteiger partial charge in [0.2, 0.25) is 5.91 Å². The number of nitrogens with zero attached hydrogens (tertiary/aromatic N) is 3. The summed E-state index contributed by atoms with van der Waals surface area (Å²) in [4.78, 5) is 12.5. The largest absolute Gasteiger partial charge is 0.323 e. The van der Waals surface area contributed by atoms with Crippen molar-refractivity contribution in [2.75, 3.05) is 5.32 Å². The quantitative estimate of drug-likeness (QED) is 0.430. The Labute approximate surface area is 177 Å². The highest BCUT2D eigenvalue weighted by molar-refractivity contribution is 9.10. The Morgan fingerprint density at radius 1 is 1.43 bits per heavy atom. The number of benzene rings is 1. The minimum Gasteiger partial charge on any atom is -0.323 e. The van der Waals surface area contributed by atoms with E-state index in [0.29, 0.717) is 22.1 Å². The second kappa shape index (κ2) is 9.69. The summed E-state index contributed by atoms with van der Waals surface area (Å²) in [6, 6.07) is 4.55. The van der Waals surface area contributed by atoms with E-state index in [0.717, 1.165) is 18.7 Å². The fraction of sp³-hybridized carbons (Fsp3) is 0.450. The molecule has 1 heterocycles.